The number of benzene rings is 3. The highest BCUT2D eigenvalue weighted by molar-refractivity contribution is 8.01. The van der Waals surface area contributed by atoms with Crippen molar-refractivity contribution in [3.05, 3.63) is 100 Å². The summed E-state index contributed by atoms with van der Waals surface area (Å²) < 4.78 is -1.09. The van der Waals surface area contributed by atoms with E-state index in [1.165, 1.54) is 11.8 Å². The van der Waals surface area contributed by atoms with Gasteiger partial charge in [-0.2, -0.15) is 0 Å². The minimum atomic E-state index is -1.09. The molecule has 9 heteroatoms. The Bertz CT molecular complexity index is 1620. The summed E-state index contributed by atoms with van der Waals surface area (Å²) in [5.74, 6) is -0.0597. The van der Waals surface area contributed by atoms with E-state index >= 15 is 0 Å². The highest BCUT2D eigenvalue weighted by Gasteiger charge is 2.59. The molecule has 6 rings (SSSR count). The van der Waals surface area contributed by atoms with Crippen molar-refractivity contribution in [2.45, 2.75) is 42.5 Å². The van der Waals surface area contributed by atoms with E-state index in [9.17, 15) is 14.7 Å². The van der Waals surface area contributed by atoms with E-state index in [0.29, 0.717) is 44.3 Å². The van der Waals surface area contributed by atoms with Gasteiger partial charge in [0.1, 0.15) is 4.75 Å². The number of carbonyl (C=O) groups is 2. The maximum absolute atomic E-state index is 15.0. The molecule has 2 atom stereocenters. The molecule has 3 heterocycles. The highest BCUT2D eigenvalue weighted by Crippen LogP contribution is 2.55. The summed E-state index contributed by atoms with van der Waals surface area (Å²) in [5, 5.41) is 11.0. The van der Waals surface area contributed by atoms with E-state index in [1.807, 2.05) is 60.2 Å². The largest absolute Gasteiger partial charge is 0.395 e. The van der Waals surface area contributed by atoms with Crippen molar-refractivity contribution in [2.24, 2.45) is 0 Å². The molecule has 2 saturated heterocycles. The van der Waals surface area contributed by atoms with Crippen molar-refractivity contribution in [3.8, 4) is 0 Å². The number of rotatable bonds is 8. The molecule has 0 spiro atoms. The number of fused-ring (bicyclic) bond motifs is 1. The van der Waals surface area contributed by atoms with E-state index < -0.39 is 10.8 Å². The number of carbonyl (C=O) groups excluding carboxylic acids is 2. The van der Waals surface area contributed by atoms with Gasteiger partial charge in [0.2, 0.25) is 11.8 Å². The molecule has 0 radical (unpaired) electrons. The molecule has 2 N–H and O–H groups in total. The van der Waals surface area contributed by atoms with E-state index in [4.69, 9.17) is 11.6 Å². The fourth-order valence-corrected chi connectivity index (χ4v) is 8.03. The van der Waals surface area contributed by atoms with Gasteiger partial charge >= 0.3 is 0 Å². The number of hydrogen-bond acceptors (Lipinski definition) is 5. The van der Waals surface area contributed by atoms with Crippen LogP contribution in [0.3, 0.4) is 0 Å². The quantitative estimate of drug-likeness (QED) is 0.270. The number of aryl methyl sites for hydroxylation is 2. The Balaban J connectivity index is 1.48. The summed E-state index contributed by atoms with van der Waals surface area (Å²) in [6, 6.07) is 21.6. The summed E-state index contributed by atoms with van der Waals surface area (Å²) in [4.78, 5) is 39.5. The molecule has 2 aliphatic heterocycles. The maximum atomic E-state index is 15.0. The van der Waals surface area contributed by atoms with E-state index in [-0.39, 0.29) is 24.8 Å². The number of H-pyrrole nitrogens is 1. The van der Waals surface area contributed by atoms with Crippen LogP contribution in [0.15, 0.2) is 77.8 Å². The number of aliphatic hydroxyl groups excluding tert-OH is 1. The number of aliphatic hydroxyl groups is 1. The Kier molecular flexibility index (Phi) is 8.56. The van der Waals surface area contributed by atoms with Crippen molar-refractivity contribution in [1.29, 1.82) is 0 Å². The topological polar surface area (TPSA) is 79.9 Å². The fraction of sp³-hybridized carbons (Fsp3) is 0.353. The number of amides is 2. The molecule has 0 bridgehead atoms. The number of nitrogens with one attached hydrogen (secondary N) is 1. The van der Waals surface area contributed by atoms with Gasteiger partial charge in [-0.1, -0.05) is 65.2 Å². The van der Waals surface area contributed by atoms with E-state index in [0.717, 1.165) is 38.1 Å². The van der Waals surface area contributed by atoms with Crippen molar-refractivity contribution in [2.75, 3.05) is 39.3 Å². The Morgan fingerprint density at radius 3 is 2.35 bits per heavy atom. The SMILES string of the molecule is Cc1ccc(CN2C(=O)CC(Sc3ccc(C)cc3)(C(=O)N3CCN(CCO)CC3)C2c2c[nH]c3cc(Cl)ccc23)cc1. The van der Waals surface area contributed by atoms with Crippen molar-refractivity contribution >= 4 is 46.1 Å². The zero-order valence-electron chi connectivity index (χ0n) is 24.6. The summed E-state index contributed by atoms with van der Waals surface area (Å²) in [5.41, 5.74) is 5.10. The summed E-state index contributed by atoms with van der Waals surface area (Å²) >= 11 is 7.86. The molecule has 2 fully saturated rings. The Morgan fingerprint density at radius 2 is 1.67 bits per heavy atom. The molecule has 7 nitrogen and oxygen atoms in total. The summed E-state index contributed by atoms with van der Waals surface area (Å²) in [7, 11) is 0. The second kappa shape index (κ2) is 12.4. The van der Waals surface area contributed by atoms with Crippen LogP contribution in [0.25, 0.3) is 10.9 Å². The molecule has 2 aliphatic rings. The van der Waals surface area contributed by atoms with E-state index in [1.54, 1.807) is 0 Å². The Labute approximate surface area is 261 Å². The third kappa shape index (κ3) is 5.94. The first-order chi connectivity index (χ1) is 20.8. The number of piperazine rings is 1. The summed E-state index contributed by atoms with van der Waals surface area (Å²) in [6.45, 7) is 7.66. The number of halogens is 1. The molecule has 3 aromatic carbocycles. The van der Waals surface area contributed by atoms with Crippen LogP contribution in [0.5, 0.6) is 0 Å². The lowest BCUT2D eigenvalue weighted by molar-refractivity contribution is -0.136. The summed E-state index contributed by atoms with van der Waals surface area (Å²) in [6.07, 6.45) is 2.04. The van der Waals surface area contributed by atoms with Gasteiger partial charge in [0.25, 0.3) is 0 Å². The van der Waals surface area contributed by atoms with Gasteiger partial charge in [-0.05, 0) is 43.7 Å². The minimum Gasteiger partial charge on any atom is -0.395 e. The standard InChI is InChI=1S/C34H37ClN4O3S/c1-23-3-7-25(8-4-23)22-39-31(41)20-34(43-27-10-5-24(2)6-11-27,33(42)38-15-13-37(14-16-38)17-18-40)32(39)29-21-36-30-19-26(35)9-12-28(29)30/h3-12,19,21,32,36,40H,13-18,20,22H2,1-2H3. The van der Waals surface area contributed by atoms with Crippen LogP contribution in [0.2, 0.25) is 5.02 Å². The van der Waals surface area contributed by atoms with Gasteiger partial charge in [0.05, 0.1) is 19.1 Å². The van der Waals surface area contributed by atoms with Crippen LogP contribution in [0.4, 0.5) is 0 Å². The fourth-order valence-electron chi connectivity index (χ4n) is 6.38. The zero-order valence-corrected chi connectivity index (χ0v) is 26.1. The van der Waals surface area contributed by atoms with Gasteiger partial charge in [-0.25, -0.2) is 0 Å². The van der Waals surface area contributed by atoms with Crippen LogP contribution in [-0.4, -0.2) is 80.7 Å². The van der Waals surface area contributed by atoms with E-state index in [2.05, 4.69) is 46.3 Å². The number of likely N-dealkylation sites (tertiary alicyclic amines) is 1. The molecular weight excluding hydrogens is 580 g/mol. The molecule has 0 aliphatic carbocycles. The zero-order chi connectivity index (χ0) is 30.1. The molecule has 2 unspecified atom stereocenters. The minimum absolute atomic E-state index is 0.0187. The van der Waals surface area contributed by atoms with Crippen molar-refractivity contribution in [1.82, 2.24) is 19.7 Å². The molecule has 224 valence electrons. The predicted octanol–water partition coefficient (Wildman–Crippen LogP) is 5.58. The van der Waals surface area contributed by atoms with Crippen LogP contribution < -0.4 is 0 Å². The monoisotopic (exact) mass is 616 g/mol. The van der Waals surface area contributed by atoms with Crippen LogP contribution >= 0.6 is 23.4 Å². The number of β-amino-alcohol motifs (C(OH)–C–C–N with tert-alkyl or cyclic N) is 1. The molecule has 43 heavy (non-hydrogen) atoms. The van der Waals surface area contributed by atoms with Gasteiger partial charge < -0.3 is 19.9 Å². The Morgan fingerprint density at radius 1 is 1.00 bits per heavy atom. The first kappa shape index (κ1) is 29.8. The lowest BCUT2D eigenvalue weighted by Crippen LogP contribution is -2.56. The molecular formula is C34H37ClN4O3S. The normalized spacial score (nSPS) is 21.2. The second-order valence-electron chi connectivity index (χ2n) is 11.7. The van der Waals surface area contributed by atoms with Gasteiger partial charge in [-0.15, -0.1) is 11.8 Å². The Hall–Kier alpha value is -3.30. The molecule has 0 saturated carbocycles. The van der Waals surface area contributed by atoms with Crippen LogP contribution in [0, 0.1) is 13.8 Å². The third-order valence-electron chi connectivity index (χ3n) is 8.69. The predicted molar refractivity (Wildman–Crippen MR) is 172 cm³/mol. The molecule has 4 aromatic rings. The maximum Gasteiger partial charge on any atom is 0.242 e. The third-order valence-corrected chi connectivity index (χ3v) is 10.3. The van der Waals surface area contributed by atoms with Crippen LogP contribution in [0.1, 0.15) is 34.7 Å². The lowest BCUT2D eigenvalue weighted by Gasteiger charge is -2.42. The number of aromatic nitrogens is 1. The highest BCUT2D eigenvalue weighted by atomic mass is 35.5. The first-order valence-electron chi connectivity index (χ1n) is 14.8. The lowest BCUT2D eigenvalue weighted by atomic mass is 9.90. The smallest absolute Gasteiger partial charge is 0.242 e. The molecule has 1 aromatic heterocycles. The average Bonchev–Trinajstić information content (AvgIpc) is 3.53. The van der Waals surface area contributed by atoms with Gasteiger partial charge in [0, 0.05) is 71.8 Å². The molecule has 2 amide bonds. The van der Waals surface area contributed by atoms with Crippen molar-refractivity contribution in [3.63, 3.8) is 0 Å². The van der Waals surface area contributed by atoms with Crippen molar-refractivity contribution < 1.29 is 14.7 Å². The second-order valence-corrected chi connectivity index (χ2v) is 13.5. The first-order valence-corrected chi connectivity index (χ1v) is 16.0. The number of thioether (sulfide) groups is 1. The number of aromatic amines is 1. The van der Waals surface area contributed by atoms with Gasteiger partial charge in [-0.3, -0.25) is 14.5 Å². The average molecular weight is 617 g/mol. The number of nitrogens with zero attached hydrogens (tertiary/aromatic N) is 3. The van der Waals surface area contributed by atoms with Gasteiger partial charge in [0.15, 0.2) is 0 Å². The van der Waals surface area contributed by atoms with Crippen LogP contribution in [-0.2, 0) is 16.1 Å². The number of hydrogen-bond donors (Lipinski definition) is 2.